The maximum absolute atomic E-state index is 5.15. The first-order valence-corrected chi connectivity index (χ1v) is 4.57. The second-order valence-corrected chi connectivity index (χ2v) is 4.03. The Morgan fingerprint density at radius 1 is 1.44 bits per heavy atom. The van der Waals surface area contributed by atoms with Crippen molar-refractivity contribution in [2.24, 2.45) is 5.41 Å². The Morgan fingerprint density at radius 2 is 2.00 bits per heavy atom. The van der Waals surface area contributed by atoms with Crippen LogP contribution < -0.4 is 0 Å². The second-order valence-electron chi connectivity index (χ2n) is 3.20. The number of rotatable bonds is 4. The van der Waals surface area contributed by atoms with E-state index in [9.17, 15) is 0 Å². The molecule has 0 aliphatic heterocycles. The normalized spacial score (nSPS) is 12.0. The van der Waals surface area contributed by atoms with Crippen molar-refractivity contribution in [2.75, 3.05) is 6.61 Å². The fourth-order valence-corrected chi connectivity index (χ4v) is 2.06. The van der Waals surface area contributed by atoms with Crippen LogP contribution in [0.15, 0.2) is 0 Å². The van der Waals surface area contributed by atoms with Crippen molar-refractivity contribution in [1.29, 1.82) is 0 Å². The Labute approximate surface area is 71.8 Å². The van der Waals surface area contributed by atoms with Crippen molar-refractivity contribution < 1.29 is 3.07 Å². The van der Waals surface area contributed by atoms with E-state index in [1.807, 2.05) is 0 Å². The molecule has 0 saturated heterocycles. The van der Waals surface area contributed by atoms with Crippen molar-refractivity contribution in [3.63, 3.8) is 0 Å². The van der Waals surface area contributed by atoms with Crippen molar-refractivity contribution in [3.05, 3.63) is 0 Å². The van der Waals surface area contributed by atoms with Crippen molar-refractivity contribution >= 4 is 22.9 Å². The molecule has 0 N–H and O–H groups in total. The fourth-order valence-electron chi connectivity index (χ4n) is 0.944. The summed E-state index contributed by atoms with van der Waals surface area (Å²) in [5.41, 5.74) is 0.401. The van der Waals surface area contributed by atoms with Crippen LogP contribution >= 0.6 is 0 Å². The Hall–Kier alpha value is 0.759. The molecule has 0 bridgehead atoms. The summed E-state index contributed by atoms with van der Waals surface area (Å²) in [5.74, 6) is 0. The van der Waals surface area contributed by atoms with E-state index in [0.717, 1.165) is 6.61 Å². The van der Waals surface area contributed by atoms with E-state index in [2.05, 4.69) is 20.8 Å². The van der Waals surface area contributed by atoms with Crippen LogP contribution in [0.4, 0.5) is 0 Å². The fraction of sp³-hybridized carbons (Fsp3) is 1.00. The third-order valence-electron chi connectivity index (χ3n) is 1.39. The third-order valence-corrected chi connectivity index (χ3v) is 1.80. The molecule has 0 saturated carbocycles. The van der Waals surface area contributed by atoms with Gasteiger partial charge in [0.25, 0.3) is 0 Å². The van der Waals surface area contributed by atoms with Crippen LogP contribution in [-0.2, 0) is 3.07 Å². The van der Waals surface area contributed by atoms with Crippen LogP contribution in [0.3, 0.4) is 0 Å². The van der Waals surface area contributed by atoms with E-state index < -0.39 is 0 Å². The summed E-state index contributed by atoms with van der Waals surface area (Å²) in [6.07, 6.45) is 2.52. The van der Waals surface area contributed by atoms with Gasteiger partial charge in [-0.15, -0.1) is 0 Å². The van der Waals surface area contributed by atoms with Gasteiger partial charge in [0.15, 0.2) is 0 Å². The SMILES string of the molecule is CCCC(C)(C)C[O][Sn]. The molecule has 0 atom stereocenters. The first-order chi connectivity index (χ1) is 4.12. The molecule has 0 unspecified atom stereocenters. The van der Waals surface area contributed by atoms with Gasteiger partial charge < -0.3 is 0 Å². The predicted octanol–water partition coefficient (Wildman–Crippen LogP) is 1.91. The zero-order valence-electron chi connectivity index (χ0n) is 6.53. The van der Waals surface area contributed by atoms with E-state index in [-0.39, 0.29) is 0 Å². The van der Waals surface area contributed by atoms with Crippen molar-refractivity contribution in [3.8, 4) is 0 Å². The molecule has 0 aliphatic carbocycles. The topological polar surface area (TPSA) is 9.23 Å². The van der Waals surface area contributed by atoms with Gasteiger partial charge >= 0.3 is 71.6 Å². The van der Waals surface area contributed by atoms with E-state index in [1.54, 1.807) is 0 Å². The van der Waals surface area contributed by atoms with Gasteiger partial charge in [-0.2, -0.15) is 0 Å². The summed E-state index contributed by atoms with van der Waals surface area (Å²) >= 11 is 1.19. The molecule has 0 fully saturated rings. The summed E-state index contributed by atoms with van der Waals surface area (Å²) in [6, 6.07) is 0. The van der Waals surface area contributed by atoms with E-state index >= 15 is 0 Å². The van der Waals surface area contributed by atoms with Crippen molar-refractivity contribution in [2.45, 2.75) is 33.6 Å². The van der Waals surface area contributed by atoms with Gasteiger partial charge in [-0.05, 0) is 0 Å². The molecule has 9 heavy (non-hydrogen) atoms. The monoisotopic (exact) mass is 235 g/mol. The van der Waals surface area contributed by atoms with Crippen LogP contribution in [0.1, 0.15) is 33.6 Å². The van der Waals surface area contributed by atoms with Crippen LogP contribution in [-0.4, -0.2) is 29.5 Å². The molecule has 3 radical (unpaired) electrons. The van der Waals surface area contributed by atoms with Gasteiger partial charge in [0, 0.05) is 0 Å². The molecule has 0 heterocycles. The summed E-state index contributed by atoms with van der Waals surface area (Å²) in [7, 11) is 0. The van der Waals surface area contributed by atoms with Crippen LogP contribution in [0.2, 0.25) is 0 Å². The minimum atomic E-state index is 0.401. The van der Waals surface area contributed by atoms with E-state index in [0.29, 0.717) is 5.41 Å². The third kappa shape index (κ3) is 5.22. The van der Waals surface area contributed by atoms with Gasteiger partial charge in [-0.1, -0.05) is 0 Å². The predicted molar refractivity (Wildman–Crippen MR) is 40.4 cm³/mol. The second kappa shape index (κ2) is 4.56. The molecule has 0 aliphatic rings. The molecular formula is C7H15OSn. The van der Waals surface area contributed by atoms with Crippen LogP contribution in [0.5, 0.6) is 0 Å². The zero-order valence-corrected chi connectivity index (χ0v) is 9.38. The molecule has 0 spiro atoms. The Bertz CT molecular complexity index is 63.3. The van der Waals surface area contributed by atoms with E-state index in [1.165, 1.54) is 35.8 Å². The average molecular weight is 234 g/mol. The Balaban J connectivity index is 3.43. The van der Waals surface area contributed by atoms with Gasteiger partial charge in [0.05, 0.1) is 0 Å². The summed E-state index contributed by atoms with van der Waals surface area (Å²) in [5, 5.41) is 0. The van der Waals surface area contributed by atoms with Crippen molar-refractivity contribution in [1.82, 2.24) is 0 Å². The summed E-state index contributed by atoms with van der Waals surface area (Å²) < 4.78 is 5.15. The molecule has 0 rings (SSSR count). The van der Waals surface area contributed by atoms with Gasteiger partial charge in [-0.25, -0.2) is 0 Å². The first kappa shape index (κ1) is 9.76. The Morgan fingerprint density at radius 3 is 2.33 bits per heavy atom. The quantitative estimate of drug-likeness (QED) is 0.675. The average Bonchev–Trinajstić information content (AvgIpc) is 1.64. The van der Waals surface area contributed by atoms with Gasteiger partial charge in [0.1, 0.15) is 0 Å². The molecule has 2 heteroatoms. The molecule has 53 valence electrons. The number of hydrogen-bond donors (Lipinski definition) is 0. The molecule has 0 aromatic heterocycles. The first-order valence-electron chi connectivity index (χ1n) is 3.41. The zero-order chi connectivity index (χ0) is 7.33. The van der Waals surface area contributed by atoms with Crippen LogP contribution in [0, 0.1) is 5.41 Å². The molecule has 1 nitrogen and oxygen atoms in total. The summed E-state index contributed by atoms with van der Waals surface area (Å²) in [4.78, 5) is 0. The van der Waals surface area contributed by atoms with E-state index in [4.69, 9.17) is 3.07 Å². The van der Waals surface area contributed by atoms with Gasteiger partial charge in [0.2, 0.25) is 0 Å². The minimum absolute atomic E-state index is 0.401. The maximum atomic E-state index is 5.15. The molecular weight excluding hydrogens is 219 g/mol. The Kier molecular flexibility index (Phi) is 4.94. The molecule has 0 aromatic carbocycles. The summed E-state index contributed by atoms with van der Waals surface area (Å²) in [6.45, 7) is 7.63. The van der Waals surface area contributed by atoms with Gasteiger partial charge in [-0.3, -0.25) is 0 Å². The van der Waals surface area contributed by atoms with Crippen LogP contribution in [0.25, 0.3) is 0 Å². The molecule has 0 aromatic rings. The standard InChI is InChI=1S/C7H15O.Sn/c1-4-5-7(2,3)6-8;/h4-6H2,1-3H3;/q-1;+1. The number of hydrogen-bond acceptors (Lipinski definition) is 1. The molecule has 0 amide bonds.